The zero-order valence-electron chi connectivity index (χ0n) is 21.6. The summed E-state index contributed by atoms with van der Waals surface area (Å²) in [6, 6.07) is 7.82. The van der Waals surface area contributed by atoms with Crippen molar-refractivity contribution in [1.29, 1.82) is 5.26 Å². The molecule has 39 heavy (non-hydrogen) atoms. The van der Waals surface area contributed by atoms with Gasteiger partial charge in [0.05, 0.1) is 17.8 Å². The van der Waals surface area contributed by atoms with Gasteiger partial charge in [-0.05, 0) is 31.3 Å². The summed E-state index contributed by atoms with van der Waals surface area (Å²) in [5.74, 6) is -0.658. The molecule has 0 aliphatic carbocycles. The van der Waals surface area contributed by atoms with Crippen LogP contribution in [0.15, 0.2) is 29.3 Å². The topological polar surface area (TPSA) is 134 Å². The summed E-state index contributed by atoms with van der Waals surface area (Å²) < 4.78 is 28.5. The summed E-state index contributed by atoms with van der Waals surface area (Å²) in [5, 5.41) is 10.5. The monoisotopic (exact) mass is 589 g/mol. The number of fused-ring (bicyclic) bond motifs is 2. The maximum absolute atomic E-state index is 13.7. The summed E-state index contributed by atoms with van der Waals surface area (Å²) in [6.45, 7) is 1.59. The van der Waals surface area contributed by atoms with Crippen molar-refractivity contribution >= 4 is 55.7 Å². The molecule has 206 valence electrons. The first-order valence-electron chi connectivity index (χ1n) is 12.4. The minimum atomic E-state index is -3.96. The minimum absolute atomic E-state index is 0.0166. The molecule has 2 aliphatic heterocycles. The molecule has 1 fully saturated rings. The first-order chi connectivity index (χ1) is 18.6. The van der Waals surface area contributed by atoms with E-state index in [4.69, 9.17) is 16.9 Å². The second kappa shape index (κ2) is 10.9. The normalized spacial score (nSPS) is 18.6. The van der Waals surface area contributed by atoms with E-state index < -0.39 is 16.1 Å². The molecule has 0 radical (unpaired) electrons. The van der Waals surface area contributed by atoms with Gasteiger partial charge in [-0.15, -0.1) is 11.3 Å². The van der Waals surface area contributed by atoms with Gasteiger partial charge in [-0.3, -0.25) is 9.59 Å². The summed E-state index contributed by atoms with van der Waals surface area (Å²) in [6.07, 6.45) is 0.643. The van der Waals surface area contributed by atoms with E-state index in [1.807, 2.05) is 13.1 Å². The summed E-state index contributed by atoms with van der Waals surface area (Å²) in [7, 11) is -0.428. The number of piperazine rings is 1. The molecule has 4 heterocycles. The highest BCUT2D eigenvalue weighted by atomic mass is 35.5. The number of aromatic nitrogens is 2. The van der Waals surface area contributed by atoms with Gasteiger partial charge in [-0.1, -0.05) is 11.6 Å². The summed E-state index contributed by atoms with van der Waals surface area (Å²) in [5.41, 5.74) is 1.55. The molecule has 1 unspecified atom stereocenters. The number of rotatable bonds is 6. The molecule has 2 aliphatic rings. The van der Waals surface area contributed by atoms with Crippen molar-refractivity contribution < 1.29 is 18.0 Å². The summed E-state index contributed by atoms with van der Waals surface area (Å²) >= 11 is 7.42. The molecule has 11 nitrogen and oxygen atoms in total. The van der Waals surface area contributed by atoms with Gasteiger partial charge in [-0.25, -0.2) is 13.4 Å². The second-order valence-electron chi connectivity index (χ2n) is 9.87. The zero-order valence-corrected chi connectivity index (χ0v) is 23.9. The van der Waals surface area contributed by atoms with Crippen LogP contribution in [-0.2, 0) is 27.8 Å². The lowest BCUT2D eigenvalue weighted by Crippen LogP contribution is -2.57. The average Bonchev–Trinajstić information content (AvgIpc) is 3.52. The Labute approximate surface area is 235 Å². The third kappa shape index (κ3) is 5.53. The average molecular weight is 590 g/mol. The maximum atomic E-state index is 13.7. The van der Waals surface area contributed by atoms with Gasteiger partial charge in [-0.2, -0.15) is 9.57 Å². The van der Waals surface area contributed by atoms with Crippen molar-refractivity contribution in [3.8, 4) is 6.07 Å². The zero-order chi connectivity index (χ0) is 27.9. The lowest BCUT2D eigenvalue weighted by Gasteiger charge is -2.40. The number of hydrogen-bond acceptors (Lipinski definition) is 8. The van der Waals surface area contributed by atoms with Crippen LogP contribution in [0.1, 0.15) is 26.8 Å². The fourth-order valence-corrected chi connectivity index (χ4v) is 7.74. The number of carbonyl (C=O) groups is 2. The van der Waals surface area contributed by atoms with Gasteiger partial charge in [0.15, 0.2) is 5.01 Å². The Balaban J connectivity index is 1.42. The Bertz CT molecular complexity index is 1580. The molecule has 1 saturated heterocycles. The predicted molar refractivity (Wildman–Crippen MR) is 147 cm³/mol. The largest absolute Gasteiger partial charge is 0.345 e. The molecule has 0 saturated carbocycles. The number of nitrogens with one attached hydrogen (secondary N) is 1. The Kier molecular flexibility index (Phi) is 7.67. The molecule has 5 rings (SSSR count). The number of halogens is 1. The lowest BCUT2D eigenvalue weighted by atomic mass is 10.1. The first-order valence-corrected chi connectivity index (χ1v) is 15.1. The molecule has 0 spiro atoms. The van der Waals surface area contributed by atoms with E-state index >= 15 is 0 Å². The number of sulfonamides is 1. The van der Waals surface area contributed by atoms with Crippen LogP contribution < -0.4 is 0 Å². The van der Waals surface area contributed by atoms with Crippen LogP contribution in [0.5, 0.6) is 0 Å². The minimum Gasteiger partial charge on any atom is -0.345 e. The third-order valence-electron chi connectivity index (χ3n) is 7.13. The lowest BCUT2D eigenvalue weighted by molar-refractivity contribution is -0.130. The predicted octanol–water partition coefficient (Wildman–Crippen LogP) is 2.15. The molecule has 2 aromatic heterocycles. The molecule has 1 aromatic carbocycles. The number of nitrogens with zero attached hydrogens (tertiary/aromatic N) is 6. The van der Waals surface area contributed by atoms with Crippen LogP contribution in [-0.4, -0.2) is 102 Å². The fraction of sp³-hybridized carbons (Fsp3) is 0.440. The number of H-pyrrole nitrogens is 1. The van der Waals surface area contributed by atoms with E-state index in [1.165, 1.54) is 33.7 Å². The highest BCUT2D eigenvalue weighted by Crippen LogP contribution is 2.29. The van der Waals surface area contributed by atoms with Crippen molar-refractivity contribution in [2.75, 3.05) is 46.8 Å². The van der Waals surface area contributed by atoms with Gasteiger partial charge in [0.1, 0.15) is 11.6 Å². The second-order valence-corrected chi connectivity index (χ2v) is 13.3. The Morgan fingerprint density at radius 2 is 2.08 bits per heavy atom. The molecule has 1 N–H and O–H groups in total. The van der Waals surface area contributed by atoms with E-state index in [0.717, 1.165) is 30.1 Å². The molecular formula is C25H28ClN7O4S2. The first kappa shape index (κ1) is 27.5. The number of aromatic amines is 1. The van der Waals surface area contributed by atoms with Crippen molar-refractivity contribution in [1.82, 2.24) is 29.0 Å². The van der Waals surface area contributed by atoms with Crippen LogP contribution in [0.25, 0.3) is 10.9 Å². The molecule has 1 atom stereocenters. The van der Waals surface area contributed by atoms with E-state index in [2.05, 4.69) is 14.9 Å². The van der Waals surface area contributed by atoms with Gasteiger partial charge < -0.3 is 19.7 Å². The number of likely N-dealkylation sites (N-methyl/N-ethyl adjacent to an activating group) is 1. The molecular weight excluding hydrogens is 562 g/mol. The van der Waals surface area contributed by atoms with Crippen LogP contribution in [0, 0.1) is 11.3 Å². The fourth-order valence-electron chi connectivity index (χ4n) is 4.93. The van der Waals surface area contributed by atoms with Crippen molar-refractivity contribution in [2.45, 2.75) is 30.5 Å². The van der Waals surface area contributed by atoms with Crippen LogP contribution in [0.2, 0.25) is 5.02 Å². The third-order valence-corrected chi connectivity index (χ3v) is 10.2. The SMILES string of the molecule is CN1CCc2nc(C(=O)N3CCN(S(=O)(=O)c4cc5cc(Cl)ccc5[nH]4)CC3CC(=O)N(C)CC#N)sc2C1. The standard InChI is InChI=1S/C25H28ClN7O4S2/c1-30-7-5-20-21(15-30)38-24(29-20)25(35)33-10-9-32(14-18(33)13-23(34)31(2)8-6-27)39(36,37)22-12-16-11-17(26)3-4-19(16)28-22/h3-4,11-12,18,28H,5,7-10,13-15H2,1-2H3. The van der Waals surface area contributed by atoms with Gasteiger partial charge in [0.2, 0.25) is 5.91 Å². The summed E-state index contributed by atoms with van der Waals surface area (Å²) in [4.78, 5) is 40.2. The van der Waals surface area contributed by atoms with Gasteiger partial charge in [0.25, 0.3) is 15.9 Å². The van der Waals surface area contributed by atoms with Crippen molar-refractivity contribution in [3.05, 3.63) is 44.9 Å². The van der Waals surface area contributed by atoms with E-state index in [1.54, 1.807) is 23.1 Å². The number of nitriles is 1. The van der Waals surface area contributed by atoms with Crippen molar-refractivity contribution in [3.63, 3.8) is 0 Å². The Morgan fingerprint density at radius 1 is 1.28 bits per heavy atom. The quantitative estimate of drug-likeness (QED) is 0.435. The molecule has 3 aromatic rings. The smallest absolute Gasteiger partial charge is 0.283 e. The van der Waals surface area contributed by atoms with Gasteiger partial charge >= 0.3 is 0 Å². The van der Waals surface area contributed by atoms with E-state index in [9.17, 15) is 18.0 Å². The van der Waals surface area contributed by atoms with Crippen LogP contribution in [0.3, 0.4) is 0 Å². The van der Waals surface area contributed by atoms with E-state index in [0.29, 0.717) is 20.9 Å². The maximum Gasteiger partial charge on any atom is 0.283 e. The highest BCUT2D eigenvalue weighted by Gasteiger charge is 2.39. The number of amides is 2. The van der Waals surface area contributed by atoms with Crippen LogP contribution >= 0.6 is 22.9 Å². The molecule has 2 amide bonds. The Hall–Kier alpha value is -3.02. The Morgan fingerprint density at radius 3 is 2.85 bits per heavy atom. The van der Waals surface area contributed by atoms with Gasteiger partial charge in [0, 0.05) is 73.4 Å². The number of carbonyl (C=O) groups excluding carboxylic acids is 2. The highest BCUT2D eigenvalue weighted by molar-refractivity contribution is 7.89. The van der Waals surface area contributed by atoms with E-state index in [-0.39, 0.29) is 49.4 Å². The van der Waals surface area contributed by atoms with Crippen LogP contribution in [0.4, 0.5) is 0 Å². The number of thiazole rings is 1. The number of hydrogen-bond donors (Lipinski definition) is 1. The van der Waals surface area contributed by atoms with Crippen molar-refractivity contribution in [2.24, 2.45) is 0 Å². The molecule has 0 bridgehead atoms. The molecule has 14 heteroatoms. The number of benzene rings is 1.